The molecule has 0 saturated carbocycles. The maximum absolute atomic E-state index is 13.1. The van der Waals surface area contributed by atoms with Crippen LogP contribution in [0.4, 0.5) is 0 Å². The number of hydrogen-bond acceptors (Lipinski definition) is 5. The van der Waals surface area contributed by atoms with Crippen molar-refractivity contribution in [1.82, 2.24) is 14.8 Å². The minimum atomic E-state index is -0.218. The molecule has 1 aliphatic rings. The van der Waals surface area contributed by atoms with Crippen LogP contribution >= 0.6 is 11.3 Å². The van der Waals surface area contributed by atoms with E-state index in [1.807, 2.05) is 55.6 Å². The first-order valence-corrected chi connectivity index (χ1v) is 13.5. The zero-order valence-electron chi connectivity index (χ0n) is 22.4. The molecule has 7 heteroatoms. The smallest absolute Gasteiger partial charge is 0.261 e. The van der Waals surface area contributed by atoms with Crippen molar-refractivity contribution in [2.75, 3.05) is 26.2 Å². The number of thiazole rings is 1. The molecule has 1 aromatic heterocycles. The van der Waals surface area contributed by atoms with Crippen molar-refractivity contribution in [1.29, 1.82) is 0 Å². The summed E-state index contributed by atoms with van der Waals surface area (Å²) >= 11 is 1.51. The molecule has 0 aliphatic carbocycles. The van der Waals surface area contributed by atoms with Gasteiger partial charge in [0.2, 0.25) is 5.91 Å². The molecule has 2 heterocycles. The van der Waals surface area contributed by atoms with Crippen LogP contribution in [-0.4, -0.2) is 52.8 Å². The van der Waals surface area contributed by atoms with Crippen LogP contribution in [0, 0.1) is 0 Å². The van der Waals surface area contributed by atoms with E-state index in [2.05, 4.69) is 27.0 Å². The minimum Gasteiger partial charge on any atom is -0.484 e. The molecule has 1 saturated heterocycles. The lowest BCUT2D eigenvalue weighted by molar-refractivity contribution is -0.136. The summed E-state index contributed by atoms with van der Waals surface area (Å²) in [4.78, 5) is 33.4. The highest BCUT2D eigenvalue weighted by Gasteiger charge is 2.32. The van der Waals surface area contributed by atoms with Crippen molar-refractivity contribution in [3.05, 3.63) is 77.8 Å². The number of hydrogen-bond donors (Lipinski definition) is 0. The number of benzene rings is 1. The first-order chi connectivity index (χ1) is 17.4. The van der Waals surface area contributed by atoms with E-state index in [-0.39, 0.29) is 24.5 Å². The van der Waals surface area contributed by atoms with Crippen LogP contribution in [-0.2, 0) is 9.59 Å². The average Bonchev–Trinajstić information content (AvgIpc) is 3.26. The van der Waals surface area contributed by atoms with E-state index in [1.54, 1.807) is 28.9 Å². The van der Waals surface area contributed by atoms with Crippen LogP contribution < -0.4 is 4.74 Å². The topological polar surface area (TPSA) is 62.7 Å². The lowest BCUT2D eigenvalue weighted by Crippen LogP contribution is -2.40. The Morgan fingerprint density at radius 1 is 1.14 bits per heavy atom. The summed E-state index contributed by atoms with van der Waals surface area (Å²) in [5.41, 5.74) is 1.68. The monoisotopic (exact) mass is 511 g/mol. The number of allylic oxidation sites excluding steroid dienone is 4. The lowest BCUT2D eigenvalue weighted by Gasteiger charge is -2.28. The predicted octanol–water partition coefficient (Wildman–Crippen LogP) is 6.54. The third-order valence-corrected chi connectivity index (χ3v) is 6.10. The largest absolute Gasteiger partial charge is 0.484 e. The Bertz CT molecular complexity index is 985. The number of ether oxygens (including phenoxy) is 1. The maximum atomic E-state index is 13.1. The molecular formula is C29H41N3O3S. The molecule has 1 aliphatic heterocycles. The highest BCUT2D eigenvalue weighted by molar-refractivity contribution is 7.09. The van der Waals surface area contributed by atoms with Crippen molar-refractivity contribution in [3.8, 4) is 5.75 Å². The molecule has 1 unspecified atom stereocenters. The normalized spacial score (nSPS) is 15.4. The summed E-state index contributed by atoms with van der Waals surface area (Å²) in [6.07, 6.45) is 7.16. The molecule has 196 valence electrons. The molecule has 0 radical (unpaired) electrons. The van der Waals surface area contributed by atoms with Gasteiger partial charge in [-0.05, 0) is 18.6 Å². The zero-order chi connectivity index (χ0) is 26.9. The molecule has 1 atom stereocenters. The van der Waals surface area contributed by atoms with Gasteiger partial charge in [-0.2, -0.15) is 0 Å². The SMILES string of the molecule is C=C/C=C(\C=C)c1csc(C2CCN(C(C)=O)CCN2C(=O)COc2ccccc2)n1.CC.CCC. The highest BCUT2D eigenvalue weighted by Crippen LogP contribution is 2.31. The molecular weight excluding hydrogens is 470 g/mol. The van der Waals surface area contributed by atoms with Crippen LogP contribution in [0.15, 0.2) is 67.1 Å². The Balaban J connectivity index is 0.00000120. The number of carbonyl (C=O) groups is 2. The van der Waals surface area contributed by atoms with Crippen molar-refractivity contribution >= 4 is 28.7 Å². The summed E-state index contributed by atoms with van der Waals surface area (Å²) in [6, 6.07) is 9.05. The molecule has 2 amide bonds. The number of rotatable bonds is 7. The molecule has 1 fully saturated rings. The minimum absolute atomic E-state index is 0.0104. The van der Waals surface area contributed by atoms with Gasteiger partial charge >= 0.3 is 0 Å². The summed E-state index contributed by atoms with van der Waals surface area (Å²) < 4.78 is 5.69. The second-order valence-corrected chi connectivity index (χ2v) is 8.73. The first-order valence-electron chi connectivity index (χ1n) is 12.6. The van der Waals surface area contributed by atoms with Gasteiger partial charge in [-0.15, -0.1) is 11.3 Å². The fraction of sp³-hybridized carbons (Fsp3) is 0.414. The number of nitrogens with zero attached hydrogens (tertiary/aromatic N) is 3. The standard InChI is InChI=1S/C24H27N3O3S.C3H8.C2H6/c1-4-9-19(5-2)21-17-31-24(25-21)22-12-13-26(18(3)28)14-15-27(22)23(29)16-30-20-10-7-6-8-11-20;1-3-2;1-2/h4-11,17,22H,1-2,12-16H2,3H3;3H2,1-2H3;1-2H3/b19-9+;;. The van der Waals surface area contributed by atoms with Gasteiger partial charge in [-0.25, -0.2) is 4.98 Å². The van der Waals surface area contributed by atoms with Gasteiger partial charge in [0, 0.05) is 37.5 Å². The maximum Gasteiger partial charge on any atom is 0.261 e. The number of carbonyl (C=O) groups excluding carboxylic acids is 2. The van der Waals surface area contributed by atoms with Crippen LogP contribution in [0.5, 0.6) is 5.75 Å². The zero-order valence-corrected chi connectivity index (χ0v) is 23.2. The predicted molar refractivity (Wildman–Crippen MR) is 151 cm³/mol. The van der Waals surface area contributed by atoms with Gasteiger partial charge in [-0.1, -0.05) is 83.7 Å². The van der Waals surface area contributed by atoms with Gasteiger partial charge in [-0.3, -0.25) is 9.59 Å². The Morgan fingerprint density at radius 2 is 1.81 bits per heavy atom. The second kappa shape index (κ2) is 17.3. The van der Waals surface area contributed by atoms with E-state index in [4.69, 9.17) is 9.72 Å². The summed E-state index contributed by atoms with van der Waals surface area (Å²) in [6.45, 7) is 18.8. The Labute approximate surface area is 221 Å². The van der Waals surface area contributed by atoms with E-state index < -0.39 is 0 Å². The molecule has 2 aromatic rings. The van der Waals surface area contributed by atoms with Crippen molar-refractivity contribution in [2.45, 2.75) is 53.5 Å². The van der Waals surface area contributed by atoms with Gasteiger partial charge in [0.25, 0.3) is 5.91 Å². The number of aromatic nitrogens is 1. The molecule has 6 nitrogen and oxygen atoms in total. The van der Waals surface area contributed by atoms with Crippen molar-refractivity contribution < 1.29 is 14.3 Å². The Hall–Kier alpha value is -3.19. The van der Waals surface area contributed by atoms with Gasteiger partial charge in [0.15, 0.2) is 6.61 Å². The average molecular weight is 512 g/mol. The van der Waals surface area contributed by atoms with E-state index in [0.29, 0.717) is 31.8 Å². The van der Waals surface area contributed by atoms with Gasteiger partial charge in [0.1, 0.15) is 10.8 Å². The summed E-state index contributed by atoms with van der Waals surface area (Å²) in [5, 5.41) is 2.80. The van der Waals surface area contributed by atoms with Gasteiger partial charge < -0.3 is 14.5 Å². The lowest BCUT2D eigenvalue weighted by atomic mass is 10.1. The third kappa shape index (κ3) is 9.46. The van der Waals surface area contributed by atoms with Crippen LogP contribution in [0.1, 0.15) is 64.2 Å². The summed E-state index contributed by atoms with van der Waals surface area (Å²) in [5.74, 6) is 0.534. The van der Waals surface area contributed by atoms with Crippen LogP contribution in [0.25, 0.3) is 5.57 Å². The quantitative estimate of drug-likeness (QED) is 0.396. The van der Waals surface area contributed by atoms with Gasteiger partial charge in [0.05, 0.1) is 11.7 Å². The van der Waals surface area contributed by atoms with Crippen LogP contribution in [0.2, 0.25) is 0 Å². The van der Waals surface area contributed by atoms with E-state index >= 15 is 0 Å². The fourth-order valence-electron chi connectivity index (χ4n) is 3.50. The first kappa shape index (κ1) is 30.8. The fourth-order valence-corrected chi connectivity index (χ4v) is 4.48. The molecule has 1 aromatic carbocycles. The van der Waals surface area contributed by atoms with E-state index in [0.717, 1.165) is 16.3 Å². The second-order valence-electron chi connectivity index (χ2n) is 7.84. The molecule has 3 rings (SSSR count). The Kier molecular flexibility index (Phi) is 14.8. The Morgan fingerprint density at radius 3 is 2.39 bits per heavy atom. The summed E-state index contributed by atoms with van der Waals surface area (Å²) in [7, 11) is 0. The van der Waals surface area contributed by atoms with Crippen LogP contribution in [0.3, 0.4) is 0 Å². The molecule has 0 N–H and O–H groups in total. The molecule has 36 heavy (non-hydrogen) atoms. The van der Waals surface area contributed by atoms with E-state index in [9.17, 15) is 9.59 Å². The molecule has 0 bridgehead atoms. The number of amides is 2. The van der Waals surface area contributed by atoms with Crippen molar-refractivity contribution in [3.63, 3.8) is 0 Å². The molecule has 0 spiro atoms. The number of para-hydroxylation sites is 1. The van der Waals surface area contributed by atoms with Crippen molar-refractivity contribution in [2.24, 2.45) is 0 Å². The van der Waals surface area contributed by atoms with E-state index in [1.165, 1.54) is 17.8 Å². The third-order valence-electron chi connectivity index (χ3n) is 5.15. The highest BCUT2D eigenvalue weighted by atomic mass is 32.1.